The zero-order valence-corrected chi connectivity index (χ0v) is 16.7. The summed E-state index contributed by atoms with van der Waals surface area (Å²) >= 11 is 0. The van der Waals surface area contributed by atoms with E-state index in [2.05, 4.69) is 48.7 Å². The zero-order chi connectivity index (χ0) is 20.1. The maximum Gasteiger partial charge on any atom is 0.253 e. The summed E-state index contributed by atoms with van der Waals surface area (Å²) in [6.45, 7) is 6.90. The Labute approximate surface area is 166 Å². The van der Waals surface area contributed by atoms with E-state index in [1.54, 1.807) is 24.3 Å². The lowest BCUT2D eigenvalue weighted by Gasteiger charge is -2.16. The Bertz CT molecular complexity index is 824. The average Bonchev–Trinajstić information content (AvgIpc) is 3.23. The summed E-state index contributed by atoms with van der Waals surface area (Å²) in [6.07, 6.45) is 1.24. The van der Waals surface area contributed by atoms with Crippen molar-refractivity contribution < 1.29 is 14.3 Å². The van der Waals surface area contributed by atoms with Gasteiger partial charge in [-0.05, 0) is 55.0 Å². The van der Waals surface area contributed by atoms with Gasteiger partial charge < -0.3 is 15.4 Å². The van der Waals surface area contributed by atoms with Crippen LogP contribution >= 0.6 is 0 Å². The van der Waals surface area contributed by atoms with Gasteiger partial charge in [0.25, 0.3) is 11.8 Å². The summed E-state index contributed by atoms with van der Waals surface area (Å²) in [5, 5.41) is 5.86. The molecule has 0 aromatic heterocycles. The van der Waals surface area contributed by atoms with Crippen molar-refractivity contribution in [2.24, 2.45) is 0 Å². The summed E-state index contributed by atoms with van der Waals surface area (Å²) < 4.78 is 5.40. The second kappa shape index (κ2) is 9.02. The van der Waals surface area contributed by atoms with Gasteiger partial charge >= 0.3 is 0 Å². The second-order valence-electron chi connectivity index (χ2n) is 7.59. The monoisotopic (exact) mass is 380 g/mol. The van der Waals surface area contributed by atoms with Crippen LogP contribution in [-0.2, 0) is 9.53 Å². The first-order valence-electron chi connectivity index (χ1n) is 9.87. The molecule has 2 aromatic rings. The lowest BCUT2D eigenvalue weighted by atomic mass is 9.99. The molecule has 0 spiro atoms. The Morgan fingerprint density at radius 2 is 1.75 bits per heavy atom. The molecule has 2 atom stereocenters. The largest absolute Gasteiger partial charge is 0.368 e. The molecular formula is C23H28N2O3. The Morgan fingerprint density at radius 3 is 2.39 bits per heavy atom. The fourth-order valence-electron chi connectivity index (χ4n) is 3.28. The molecule has 2 aromatic carbocycles. The maximum atomic E-state index is 12.6. The number of ether oxygens (including phenoxy) is 1. The van der Waals surface area contributed by atoms with Gasteiger partial charge in [-0.25, -0.2) is 0 Å². The molecule has 5 nitrogen and oxygen atoms in total. The van der Waals surface area contributed by atoms with E-state index in [4.69, 9.17) is 4.74 Å². The lowest BCUT2D eigenvalue weighted by molar-refractivity contribution is -0.124. The quantitative estimate of drug-likeness (QED) is 0.780. The maximum absolute atomic E-state index is 12.6. The molecule has 28 heavy (non-hydrogen) atoms. The Kier molecular flexibility index (Phi) is 6.47. The minimum Gasteiger partial charge on any atom is -0.368 e. The van der Waals surface area contributed by atoms with E-state index in [0.717, 1.165) is 18.4 Å². The predicted octanol–water partition coefficient (Wildman–Crippen LogP) is 4.42. The normalized spacial score (nSPS) is 17.4. The molecule has 148 valence electrons. The van der Waals surface area contributed by atoms with Crippen LogP contribution in [0.4, 0.5) is 5.69 Å². The van der Waals surface area contributed by atoms with Crippen molar-refractivity contribution >= 4 is 17.5 Å². The van der Waals surface area contributed by atoms with Crippen LogP contribution in [-0.4, -0.2) is 24.5 Å². The minimum atomic E-state index is -0.397. The van der Waals surface area contributed by atoms with Gasteiger partial charge in [0.15, 0.2) is 0 Å². The van der Waals surface area contributed by atoms with Gasteiger partial charge in [0.1, 0.15) is 6.10 Å². The molecule has 0 saturated carbocycles. The fraction of sp³-hybridized carbons (Fsp3) is 0.391. The van der Waals surface area contributed by atoms with Crippen molar-refractivity contribution in [2.75, 3.05) is 11.9 Å². The Balaban J connectivity index is 1.62. The fourth-order valence-corrected chi connectivity index (χ4v) is 3.28. The standard InChI is InChI=1S/C23H28N2O3/c1-15(2)17-9-11-18(12-10-17)16(3)24-22(26)19-6-4-7-20(14-19)25-23(27)21-8-5-13-28-21/h4,6-7,9-12,14-16,21H,5,8,13H2,1-3H3,(H,24,26)(H,25,27)/t16-,21+/m1/s1. The number of nitrogens with one attached hydrogen (secondary N) is 2. The van der Waals surface area contributed by atoms with Crippen molar-refractivity contribution in [2.45, 2.75) is 51.7 Å². The molecule has 0 unspecified atom stereocenters. The van der Waals surface area contributed by atoms with Gasteiger partial charge in [0.2, 0.25) is 0 Å². The molecule has 0 aliphatic carbocycles. The zero-order valence-electron chi connectivity index (χ0n) is 16.7. The summed E-state index contributed by atoms with van der Waals surface area (Å²) in [4.78, 5) is 24.8. The van der Waals surface area contributed by atoms with Gasteiger partial charge in [0, 0.05) is 17.9 Å². The van der Waals surface area contributed by atoms with Gasteiger partial charge in [-0.15, -0.1) is 0 Å². The number of carbonyl (C=O) groups is 2. The summed E-state index contributed by atoms with van der Waals surface area (Å²) in [7, 11) is 0. The Hall–Kier alpha value is -2.66. The van der Waals surface area contributed by atoms with Crippen LogP contribution < -0.4 is 10.6 Å². The van der Waals surface area contributed by atoms with Gasteiger partial charge in [-0.3, -0.25) is 9.59 Å². The Morgan fingerprint density at radius 1 is 1.04 bits per heavy atom. The summed E-state index contributed by atoms with van der Waals surface area (Å²) in [5.74, 6) is 0.147. The van der Waals surface area contributed by atoms with E-state index >= 15 is 0 Å². The smallest absolute Gasteiger partial charge is 0.253 e. The summed E-state index contributed by atoms with van der Waals surface area (Å²) in [6, 6.07) is 15.2. The molecule has 1 heterocycles. The van der Waals surface area contributed by atoms with E-state index in [0.29, 0.717) is 23.8 Å². The molecule has 5 heteroatoms. The SMILES string of the molecule is CC(C)c1ccc([C@@H](C)NC(=O)c2cccc(NC(=O)[C@@H]3CCCO3)c2)cc1. The first-order valence-corrected chi connectivity index (χ1v) is 9.87. The van der Waals surface area contributed by atoms with E-state index < -0.39 is 6.10 Å². The van der Waals surface area contributed by atoms with Gasteiger partial charge in [-0.2, -0.15) is 0 Å². The molecule has 0 bridgehead atoms. The third-order valence-electron chi connectivity index (χ3n) is 5.07. The van der Waals surface area contributed by atoms with Crippen LogP contribution in [0.1, 0.15) is 67.1 Å². The van der Waals surface area contributed by atoms with Crippen LogP contribution in [0.25, 0.3) is 0 Å². The molecule has 2 N–H and O–H groups in total. The minimum absolute atomic E-state index is 0.112. The first kappa shape index (κ1) is 20.1. The highest BCUT2D eigenvalue weighted by Crippen LogP contribution is 2.20. The first-order chi connectivity index (χ1) is 13.4. The third kappa shape index (κ3) is 4.98. The van der Waals surface area contributed by atoms with Crippen LogP contribution in [0.3, 0.4) is 0 Å². The van der Waals surface area contributed by atoms with E-state index in [-0.39, 0.29) is 17.9 Å². The number of hydrogen-bond donors (Lipinski definition) is 2. The highest BCUT2D eigenvalue weighted by atomic mass is 16.5. The van der Waals surface area contributed by atoms with Gasteiger partial charge in [0.05, 0.1) is 6.04 Å². The number of hydrogen-bond acceptors (Lipinski definition) is 3. The number of anilines is 1. The van der Waals surface area contributed by atoms with E-state index in [1.165, 1.54) is 5.56 Å². The molecule has 1 aliphatic heterocycles. The average molecular weight is 380 g/mol. The van der Waals surface area contributed by atoms with Crippen molar-refractivity contribution in [3.8, 4) is 0 Å². The summed E-state index contributed by atoms with van der Waals surface area (Å²) in [5.41, 5.74) is 3.44. The highest BCUT2D eigenvalue weighted by molar-refractivity contribution is 5.98. The molecule has 2 amide bonds. The third-order valence-corrected chi connectivity index (χ3v) is 5.07. The molecule has 1 aliphatic rings. The molecule has 1 saturated heterocycles. The number of rotatable bonds is 6. The topological polar surface area (TPSA) is 67.4 Å². The number of amides is 2. The van der Waals surface area contributed by atoms with Crippen LogP contribution in [0.5, 0.6) is 0 Å². The second-order valence-corrected chi connectivity index (χ2v) is 7.59. The van der Waals surface area contributed by atoms with Crippen molar-refractivity contribution in [3.63, 3.8) is 0 Å². The molecule has 0 radical (unpaired) electrons. The lowest BCUT2D eigenvalue weighted by Crippen LogP contribution is -2.28. The van der Waals surface area contributed by atoms with Crippen molar-refractivity contribution in [3.05, 3.63) is 65.2 Å². The van der Waals surface area contributed by atoms with Crippen LogP contribution in [0, 0.1) is 0 Å². The number of carbonyl (C=O) groups excluding carboxylic acids is 2. The molecule has 3 rings (SSSR count). The molecular weight excluding hydrogens is 352 g/mol. The van der Waals surface area contributed by atoms with Crippen LogP contribution in [0.15, 0.2) is 48.5 Å². The van der Waals surface area contributed by atoms with Gasteiger partial charge in [-0.1, -0.05) is 44.2 Å². The van der Waals surface area contributed by atoms with Crippen molar-refractivity contribution in [1.29, 1.82) is 0 Å². The number of benzene rings is 2. The van der Waals surface area contributed by atoms with E-state index in [9.17, 15) is 9.59 Å². The van der Waals surface area contributed by atoms with E-state index in [1.807, 2.05) is 6.92 Å². The highest BCUT2D eigenvalue weighted by Gasteiger charge is 2.23. The predicted molar refractivity (Wildman–Crippen MR) is 110 cm³/mol. The molecule has 1 fully saturated rings. The van der Waals surface area contributed by atoms with Crippen LogP contribution in [0.2, 0.25) is 0 Å². The van der Waals surface area contributed by atoms with Crippen molar-refractivity contribution in [1.82, 2.24) is 5.32 Å².